The Kier molecular flexibility index (Phi) is 7.30. The highest BCUT2D eigenvalue weighted by atomic mass is 32.2. The summed E-state index contributed by atoms with van der Waals surface area (Å²) in [5.41, 5.74) is 1.90. The second kappa shape index (κ2) is 9.94. The quantitative estimate of drug-likeness (QED) is 0.371. The first-order chi connectivity index (χ1) is 14.8. The lowest BCUT2D eigenvalue weighted by atomic mass is 9.99. The molecule has 164 valence electrons. The molecule has 7 heteroatoms. The van der Waals surface area contributed by atoms with Crippen LogP contribution in [0.2, 0.25) is 0 Å². The molecule has 31 heavy (non-hydrogen) atoms. The van der Waals surface area contributed by atoms with Crippen molar-refractivity contribution in [2.75, 3.05) is 11.9 Å². The first-order valence-electron chi connectivity index (χ1n) is 10.3. The highest BCUT2D eigenvalue weighted by molar-refractivity contribution is 7.85. The number of fused-ring (bicyclic) bond motifs is 1. The summed E-state index contributed by atoms with van der Waals surface area (Å²) in [6.45, 7) is 4.80. The van der Waals surface area contributed by atoms with Crippen molar-refractivity contribution >= 4 is 32.5 Å². The maximum atomic E-state index is 12.2. The van der Waals surface area contributed by atoms with Crippen LogP contribution in [0.25, 0.3) is 10.8 Å². The van der Waals surface area contributed by atoms with Gasteiger partial charge < -0.3 is 14.6 Å². The number of amides is 1. The summed E-state index contributed by atoms with van der Waals surface area (Å²) in [4.78, 5) is 11.9. The van der Waals surface area contributed by atoms with E-state index in [4.69, 9.17) is 4.74 Å². The van der Waals surface area contributed by atoms with E-state index in [1.54, 1.807) is 24.3 Å². The monoisotopic (exact) mass is 440 g/mol. The Morgan fingerprint density at radius 3 is 2.39 bits per heavy atom. The molecule has 3 rings (SSSR count). The Balaban J connectivity index is 1.48. The van der Waals surface area contributed by atoms with E-state index in [1.165, 1.54) is 17.7 Å². The summed E-state index contributed by atoms with van der Waals surface area (Å²) >= 11 is 0. The van der Waals surface area contributed by atoms with E-state index >= 15 is 0 Å². The van der Waals surface area contributed by atoms with Crippen LogP contribution in [0.4, 0.5) is 5.69 Å². The summed E-state index contributed by atoms with van der Waals surface area (Å²) in [6, 6.07) is 17.3. The molecule has 0 fully saturated rings. The standard InChI is InChI=1S/C24H27NO5S/c1-3-17(2)18-7-11-22(12-8-18)30-14-4-5-24(26)25-21-10-6-20-16-23(31(27,28)29)13-9-19(20)15-21/h6-13,15-17H,3-5,14H2,1-2H3,(H,25,26)(H,27,28,29)/p-1. The average Bonchev–Trinajstić information content (AvgIpc) is 2.75. The fourth-order valence-corrected chi connectivity index (χ4v) is 3.74. The third kappa shape index (κ3) is 6.29. The first-order valence-corrected chi connectivity index (χ1v) is 11.7. The third-order valence-electron chi connectivity index (χ3n) is 5.26. The molecule has 1 N–H and O–H groups in total. The topological polar surface area (TPSA) is 95.5 Å². The minimum absolute atomic E-state index is 0.131. The second-order valence-corrected chi connectivity index (χ2v) is 8.94. The van der Waals surface area contributed by atoms with Crippen molar-refractivity contribution in [2.24, 2.45) is 0 Å². The highest BCUT2D eigenvalue weighted by Gasteiger charge is 2.07. The minimum Gasteiger partial charge on any atom is -0.744 e. The average molecular weight is 441 g/mol. The summed E-state index contributed by atoms with van der Waals surface area (Å²) in [6.07, 6.45) is 1.99. The number of anilines is 1. The van der Waals surface area contributed by atoms with E-state index in [1.807, 2.05) is 12.1 Å². The smallest absolute Gasteiger partial charge is 0.224 e. The maximum Gasteiger partial charge on any atom is 0.224 e. The summed E-state index contributed by atoms with van der Waals surface area (Å²) in [5.74, 6) is 1.19. The van der Waals surface area contributed by atoms with Gasteiger partial charge >= 0.3 is 0 Å². The van der Waals surface area contributed by atoms with Crippen LogP contribution in [-0.4, -0.2) is 25.5 Å². The molecular formula is C24H26NO5S-. The van der Waals surface area contributed by atoms with Crippen molar-refractivity contribution in [2.45, 2.75) is 43.9 Å². The van der Waals surface area contributed by atoms with Gasteiger partial charge in [-0.25, -0.2) is 8.42 Å². The first kappa shape index (κ1) is 22.8. The molecule has 0 saturated heterocycles. The van der Waals surface area contributed by atoms with Crippen LogP contribution < -0.4 is 10.1 Å². The van der Waals surface area contributed by atoms with Crippen LogP contribution in [0.5, 0.6) is 5.75 Å². The lowest BCUT2D eigenvalue weighted by molar-refractivity contribution is -0.116. The molecule has 0 spiro atoms. The number of nitrogens with one attached hydrogen (secondary N) is 1. The molecule has 1 amide bonds. The SMILES string of the molecule is CCC(C)c1ccc(OCCCC(=O)Nc2ccc3cc(S(=O)(=O)[O-])ccc3c2)cc1. The number of hydrogen-bond acceptors (Lipinski definition) is 5. The normalized spacial score (nSPS) is 12.5. The summed E-state index contributed by atoms with van der Waals surface area (Å²) < 4.78 is 39.1. The maximum absolute atomic E-state index is 12.2. The Morgan fingerprint density at radius 2 is 1.71 bits per heavy atom. The number of carbonyl (C=O) groups is 1. The predicted octanol–water partition coefficient (Wildman–Crippen LogP) is 5.06. The molecule has 0 heterocycles. The molecule has 0 aliphatic heterocycles. The van der Waals surface area contributed by atoms with Crippen molar-refractivity contribution in [3.63, 3.8) is 0 Å². The van der Waals surface area contributed by atoms with Gasteiger partial charge in [0.05, 0.1) is 11.5 Å². The van der Waals surface area contributed by atoms with Crippen molar-refractivity contribution in [3.8, 4) is 5.75 Å². The molecule has 0 aliphatic rings. The zero-order chi connectivity index (χ0) is 22.4. The zero-order valence-electron chi connectivity index (χ0n) is 17.6. The molecule has 3 aromatic carbocycles. The Bertz CT molecular complexity index is 1160. The van der Waals surface area contributed by atoms with E-state index in [0.29, 0.717) is 36.4 Å². The van der Waals surface area contributed by atoms with E-state index in [9.17, 15) is 17.8 Å². The van der Waals surface area contributed by atoms with Crippen molar-refractivity contribution in [1.29, 1.82) is 0 Å². The highest BCUT2D eigenvalue weighted by Crippen LogP contribution is 2.23. The molecule has 3 aromatic rings. The molecule has 1 atom stereocenters. The van der Waals surface area contributed by atoms with Crippen LogP contribution >= 0.6 is 0 Å². The van der Waals surface area contributed by atoms with Crippen LogP contribution in [0, 0.1) is 0 Å². The Morgan fingerprint density at radius 1 is 1.03 bits per heavy atom. The van der Waals surface area contributed by atoms with Crippen LogP contribution in [0.1, 0.15) is 44.6 Å². The van der Waals surface area contributed by atoms with Gasteiger partial charge in [-0.2, -0.15) is 0 Å². The summed E-state index contributed by atoms with van der Waals surface area (Å²) in [7, 11) is -4.50. The fourth-order valence-electron chi connectivity index (χ4n) is 3.23. The number of benzene rings is 3. The Labute approximate surface area is 183 Å². The number of hydrogen-bond donors (Lipinski definition) is 1. The van der Waals surface area contributed by atoms with Gasteiger partial charge in [-0.1, -0.05) is 38.1 Å². The van der Waals surface area contributed by atoms with Crippen LogP contribution in [0.3, 0.4) is 0 Å². The van der Waals surface area contributed by atoms with Gasteiger partial charge in [0, 0.05) is 12.1 Å². The van der Waals surface area contributed by atoms with Crippen molar-refractivity contribution in [1.82, 2.24) is 0 Å². The molecule has 0 radical (unpaired) electrons. The molecule has 0 aromatic heterocycles. The Hall–Kier alpha value is -2.90. The lowest BCUT2D eigenvalue weighted by Crippen LogP contribution is -2.12. The minimum atomic E-state index is -4.50. The lowest BCUT2D eigenvalue weighted by Gasteiger charge is -2.11. The van der Waals surface area contributed by atoms with E-state index in [0.717, 1.165) is 17.6 Å². The number of rotatable bonds is 9. The van der Waals surface area contributed by atoms with Gasteiger partial charge in [0.1, 0.15) is 15.9 Å². The van der Waals surface area contributed by atoms with Crippen molar-refractivity contribution in [3.05, 3.63) is 66.2 Å². The molecule has 6 nitrogen and oxygen atoms in total. The number of ether oxygens (including phenoxy) is 1. The molecule has 1 unspecified atom stereocenters. The largest absolute Gasteiger partial charge is 0.744 e. The summed E-state index contributed by atoms with van der Waals surface area (Å²) in [5, 5.41) is 4.17. The molecule has 0 bridgehead atoms. The fraction of sp³-hybridized carbons (Fsp3) is 0.292. The zero-order valence-corrected chi connectivity index (χ0v) is 18.4. The predicted molar refractivity (Wildman–Crippen MR) is 120 cm³/mol. The van der Waals surface area contributed by atoms with E-state index < -0.39 is 10.1 Å². The van der Waals surface area contributed by atoms with Gasteiger partial charge in [0.2, 0.25) is 5.91 Å². The van der Waals surface area contributed by atoms with Crippen LogP contribution in [-0.2, 0) is 14.9 Å². The van der Waals surface area contributed by atoms with Crippen molar-refractivity contribution < 1.29 is 22.5 Å². The van der Waals surface area contributed by atoms with Gasteiger partial charge in [-0.05, 0) is 71.5 Å². The van der Waals surface area contributed by atoms with Gasteiger partial charge in [-0.3, -0.25) is 4.79 Å². The van der Waals surface area contributed by atoms with E-state index in [2.05, 4.69) is 31.3 Å². The third-order valence-corrected chi connectivity index (χ3v) is 6.09. The number of carbonyl (C=O) groups excluding carboxylic acids is 1. The van der Waals surface area contributed by atoms with Gasteiger partial charge in [-0.15, -0.1) is 0 Å². The van der Waals surface area contributed by atoms with Gasteiger partial charge in [0.15, 0.2) is 0 Å². The molecular weight excluding hydrogens is 414 g/mol. The van der Waals surface area contributed by atoms with E-state index in [-0.39, 0.29) is 10.8 Å². The molecule has 0 saturated carbocycles. The second-order valence-electron chi connectivity index (χ2n) is 7.56. The van der Waals surface area contributed by atoms with Gasteiger partial charge in [0.25, 0.3) is 0 Å². The van der Waals surface area contributed by atoms with Crippen LogP contribution in [0.15, 0.2) is 65.6 Å². The molecule has 0 aliphatic carbocycles.